The molecule has 3 nitrogen and oxygen atoms in total. The zero-order valence-corrected chi connectivity index (χ0v) is 12.9. The first-order valence-corrected chi connectivity index (χ1v) is 9.27. The van der Waals surface area contributed by atoms with E-state index < -0.39 is 9.84 Å². The number of thioether (sulfide) groups is 1. The Bertz CT molecular complexity index is 503. The van der Waals surface area contributed by atoms with Crippen LogP contribution in [0.2, 0.25) is 0 Å². The maximum absolute atomic E-state index is 13.8. The molecule has 0 radical (unpaired) electrons. The first-order chi connectivity index (χ1) is 8.94. The van der Waals surface area contributed by atoms with Gasteiger partial charge in [0.25, 0.3) is 0 Å². The Morgan fingerprint density at radius 1 is 1.37 bits per heavy atom. The molecule has 0 heterocycles. The minimum Gasteiger partial charge on any atom is -0.313 e. The van der Waals surface area contributed by atoms with Crippen molar-refractivity contribution in [2.75, 3.05) is 24.3 Å². The van der Waals surface area contributed by atoms with Gasteiger partial charge in [-0.25, -0.2) is 12.8 Å². The Kier molecular flexibility index (Phi) is 6.82. The van der Waals surface area contributed by atoms with Crippen molar-refractivity contribution in [1.82, 2.24) is 5.32 Å². The molecule has 19 heavy (non-hydrogen) atoms. The Morgan fingerprint density at radius 2 is 2.11 bits per heavy atom. The lowest BCUT2D eigenvalue weighted by molar-refractivity contribution is 0.588. The van der Waals surface area contributed by atoms with E-state index in [4.69, 9.17) is 0 Å². The van der Waals surface area contributed by atoms with E-state index in [1.807, 2.05) is 6.07 Å². The molecule has 1 N–H and O–H groups in total. The number of hydrogen-bond donors (Lipinski definition) is 1. The van der Waals surface area contributed by atoms with Gasteiger partial charge in [0, 0.05) is 23.4 Å². The summed E-state index contributed by atoms with van der Waals surface area (Å²) in [7, 11) is -3.00. The van der Waals surface area contributed by atoms with Gasteiger partial charge in [0.15, 0.2) is 0 Å². The molecule has 0 aliphatic heterocycles. The summed E-state index contributed by atoms with van der Waals surface area (Å²) < 4.78 is 35.9. The Hall–Kier alpha value is -0.590. The SMILES string of the molecule is CCCNCc1cccc(F)c1SCCS(C)(=O)=O. The van der Waals surface area contributed by atoms with Crippen LogP contribution in [0.3, 0.4) is 0 Å². The lowest BCUT2D eigenvalue weighted by Gasteiger charge is -2.10. The molecule has 0 saturated heterocycles. The zero-order valence-electron chi connectivity index (χ0n) is 11.3. The Labute approximate surface area is 118 Å². The highest BCUT2D eigenvalue weighted by atomic mass is 32.2. The van der Waals surface area contributed by atoms with Crippen molar-refractivity contribution in [3.05, 3.63) is 29.6 Å². The third-order valence-electron chi connectivity index (χ3n) is 2.49. The fourth-order valence-electron chi connectivity index (χ4n) is 1.55. The third kappa shape index (κ3) is 6.40. The maximum atomic E-state index is 13.8. The average Bonchev–Trinajstić information content (AvgIpc) is 2.31. The molecule has 6 heteroatoms. The fraction of sp³-hybridized carbons (Fsp3) is 0.538. The van der Waals surface area contributed by atoms with E-state index in [1.54, 1.807) is 6.07 Å². The van der Waals surface area contributed by atoms with Gasteiger partial charge in [0.2, 0.25) is 0 Å². The molecule has 0 aromatic heterocycles. The minimum atomic E-state index is -3.00. The van der Waals surface area contributed by atoms with E-state index >= 15 is 0 Å². The summed E-state index contributed by atoms with van der Waals surface area (Å²) in [6, 6.07) is 4.96. The van der Waals surface area contributed by atoms with Gasteiger partial charge in [0.05, 0.1) is 5.75 Å². The van der Waals surface area contributed by atoms with Crippen LogP contribution in [0, 0.1) is 5.82 Å². The minimum absolute atomic E-state index is 0.0633. The normalized spacial score (nSPS) is 11.7. The topological polar surface area (TPSA) is 46.2 Å². The summed E-state index contributed by atoms with van der Waals surface area (Å²) >= 11 is 1.26. The van der Waals surface area contributed by atoms with Gasteiger partial charge in [-0.15, -0.1) is 11.8 Å². The van der Waals surface area contributed by atoms with Gasteiger partial charge in [-0.05, 0) is 24.6 Å². The first kappa shape index (κ1) is 16.5. The van der Waals surface area contributed by atoms with Crippen LogP contribution in [0.15, 0.2) is 23.1 Å². The summed E-state index contributed by atoms with van der Waals surface area (Å²) in [5.41, 5.74) is 0.881. The van der Waals surface area contributed by atoms with Gasteiger partial charge in [-0.1, -0.05) is 19.1 Å². The van der Waals surface area contributed by atoms with E-state index in [0.29, 0.717) is 17.2 Å². The summed E-state index contributed by atoms with van der Waals surface area (Å²) in [6.45, 7) is 3.55. The number of nitrogens with one attached hydrogen (secondary N) is 1. The summed E-state index contributed by atoms with van der Waals surface area (Å²) in [4.78, 5) is 0.551. The van der Waals surface area contributed by atoms with E-state index in [1.165, 1.54) is 24.1 Å². The van der Waals surface area contributed by atoms with Crippen LogP contribution in [0.5, 0.6) is 0 Å². The molecule has 0 saturated carbocycles. The third-order valence-corrected chi connectivity index (χ3v) is 4.85. The second-order valence-corrected chi connectivity index (χ2v) is 7.75. The van der Waals surface area contributed by atoms with Gasteiger partial charge < -0.3 is 5.32 Å². The lowest BCUT2D eigenvalue weighted by atomic mass is 10.2. The molecule has 1 aromatic rings. The van der Waals surface area contributed by atoms with Crippen molar-refractivity contribution in [3.8, 4) is 0 Å². The van der Waals surface area contributed by atoms with Gasteiger partial charge in [-0.2, -0.15) is 0 Å². The molecule has 108 valence electrons. The van der Waals surface area contributed by atoms with Crippen molar-refractivity contribution >= 4 is 21.6 Å². The molecule has 0 spiro atoms. The van der Waals surface area contributed by atoms with Gasteiger partial charge in [0.1, 0.15) is 15.7 Å². The van der Waals surface area contributed by atoms with Crippen molar-refractivity contribution in [1.29, 1.82) is 0 Å². The van der Waals surface area contributed by atoms with Crippen molar-refractivity contribution < 1.29 is 12.8 Å². The molecule has 1 rings (SSSR count). The van der Waals surface area contributed by atoms with Crippen molar-refractivity contribution in [3.63, 3.8) is 0 Å². The van der Waals surface area contributed by atoms with Crippen molar-refractivity contribution in [2.24, 2.45) is 0 Å². The molecule has 0 aliphatic carbocycles. The van der Waals surface area contributed by atoms with Crippen molar-refractivity contribution in [2.45, 2.75) is 24.8 Å². The summed E-state index contributed by atoms with van der Waals surface area (Å²) in [6.07, 6.45) is 2.21. The van der Waals surface area contributed by atoms with E-state index in [-0.39, 0.29) is 11.6 Å². The van der Waals surface area contributed by atoms with Crippen LogP contribution in [0.4, 0.5) is 4.39 Å². The Balaban J connectivity index is 2.68. The lowest BCUT2D eigenvalue weighted by Crippen LogP contribution is -2.15. The quantitative estimate of drug-likeness (QED) is 0.592. The van der Waals surface area contributed by atoms with Crippen LogP contribution in [0.1, 0.15) is 18.9 Å². The smallest absolute Gasteiger partial charge is 0.148 e. The van der Waals surface area contributed by atoms with E-state index in [0.717, 1.165) is 18.5 Å². The predicted molar refractivity (Wildman–Crippen MR) is 78.8 cm³/mol. The number of sulfone groups is 1. The fourth-order valence-corrected chi connectivity index (χ4v) is 3.83. The molecule has 0 unspecified atom stereocenters. The predicted octanol–water partition coefficient (Wildman–Crippen LogP) is 2.46. The highest BCUT2D eigenvalue weighted by molar-refractivity contribution is 8.00. The molecule has 0 bridgehead atoms. The Morgan fingerprint density at radius 3 is 2.74 bits per heavy atom. The van der Waals surface area contributed by atoms with E-state index in [2.05, 4.69) is 12.2 Å². The largest absolute Gasteiger partial charge is 0.313 e. The van der Waals surface area contributed by atoms with E-state index in [9.17, 15) is 12.8 Å². The molecule has 0 atom stereocenters. The van der Waals surface area contributed by atoms with Crippen LogP contribution in [-0.4, -0.2) is 32.7 Å². The maximum Gasteiger partial charge on any atom is 0.148 e. The van der Waals surface area contributed by atoms with Gasteiger partial charge >= 0.3 is 0 Å². The standard InChI is InChI=1S/C13H20FNO2S2/c1-3-7-15-10-11-5-4-6-12(14)13(11)18-8-9-19(2,16)17/h4-6,15H,3,7-10H2,1-2H3. The monoisotopic (exact) mass is 305 g/mol. The molecular weight excluding hydrogens is 285 g/mol. The van der Waals surface area contributed by atoms with Crippen LogP contribution in [0.25, 0.3) is 0 Å². The first-order valence-electron chi connectivity index (χ1n) is 6.22. The molecule has 0 aliphatic rings. The second kappa shape index (κ2) is 7.87. The number of hydrogen-bond acceptors (Lipinski definition) is 4. The molecule has 0 amide bonds. The summed E-state index contributed by atoms with van der Waals surface area (Å²) in [5, 5.41) is 3.23. The average molecular weight is 305 g/mol. The number of benzene rings is 1. The number of halogens is 1. The van der Waals surface area contributed by atoms with Gasteiger partial charge in [-0.3, -0.25) is 0 Å². The molecule has 0 fully saturated rings. The van der Waals surface area contributed by atoms with Crippen LogP contribution < -0.4 is 5.32 Å². The summed E-state index contributed by atoms with van der Waals surface area (Å²) in [5.74, 6) is 0.156. The zero-order chi connectivity index (χ0) is 14.3. The van der Waals surface area contributed by atoms with Crippen LogP contribution >= 0.6 is 11.8 Å². The highest BCUT2D eigenvalue weighted by Crippen LogP contribution is 2.26. The molecule has 1 aromatic carbocycles. The highest BCUT2D eigenvalue weighted by Gasteiger charge is 2.10. The number of rotatable bonds is 8. The second-order valence-electron chi connectivity index (χ2n) is 4.38. The molecular formula is C13H20FNO2S2. The van der Waals surface area contributed by atoms with Crippen LogP contribution in [-0.2, 0) is 16.4 Å².